The second-order valence-corrected chi connectivity index (χ2v) is 8.50. The highest BCUT2D eigenvalue weighted by Crippen LogP contribution is 2.37. The number of carbonyl (C=O) groups excluding carboxylic acids is 2. The Labute approximate surface area is 168 Å². The van der Waals surface area contributed by atoms with Crippen LogP contribution in [0.3, 0.4) is 0 Å². The number of rotatable bonds is 4. The lowest BCUT2D eigenvalue weighted by atomic mass is 9.88. The van der Waals surface area contributed by atoms with E-state index in [-0.39, 0.29) is 24.3 Å². The lowest BCUT2D eigenvalue weighted by Gasteiger charge is -2.35. The highest BCUT2D eigenvalue weighted by Gasteiger charge is 2.38. The van der Waals surface area contributed by atoms with E-state index in [9.17, 15) is 9.59 Å². The Morgan fingerprint density at radius 1 is 1.07 bits per heavy atom. The van der Waals surface area contributed by atoms with Crippen LogP contribution in [0, 0.1) is 6.92 Å². The molecule has 1 aromatic carbocycles. The minimum Gasteiger partial charge on any atom is -0.340 e. The first kappa shape index (κ1) is 19.2. The molecular formula is C23H31N3O2. The molecule has 150 valence electrons. The van der Waals surface area contributed by atoms with Crippen molar-refractivity contribution < 1.29 is 9.59 Å². The summed E-state index contributed by atoms with van der Waals surface area (Å²) in [4.78, 5) is 31.8. The predicted octanol–water partition coefficient (Wildman–Crippen LogP) is 2.74. The minimum atomic E-state index is 0.0771. The van der Waals surface area contributed by atoms with Gasteiger partial charge in [-0.05, 0) is 37.3 Å². The smallest absolute Gasteiger partial charge is 0.250 e. The van der Waals surface area contributed by atoms with Gasteiger partial charge >= 0.3 is 0 Å². The molecule has 0 radical (unpaired) electrons. The molecule has 1 aromatic rings. The fourth-order valence-electron chi connectivity index (χ4n) is 4.82. The fraction of sp³-hybridized carbons (Fsp3) is 0.565. The van der Waals surface area contributed by atoms with Crippen molar-refractivity contribution in [3.63, 3.8) is 0 Å². The van der Waals surface area contributed by atoms with E-state index in [4.69, 9.17) is 0 Å². The van der Waals surface area contributed by atoms with E-state index in [1.165, 1.54) is 23.1 Å². The highest BCUT2D eigenvalue weighted by atomic mass is 16.2. The van der Waals surface area contributed by atoms with Crippen LogP contribution in [0.25, 0.3) is 0 Å². The van der Waals surface area contributed by atoms with Gasteiger partial charge in [-0.15, -0.1) is 0 Å². The van der Waals surface area contributed by atoms with Gasteiger partial charge in [0.2, 0.25) is 5.91 Å². The van der Waals surface area contributed by atoms with Gasteiger partial charge in [0, 0.05) is 45.3 Å². The lowest BCUT2D eigenvalue weighted by molar-refractivity contribution is -0.134. The average molecular weight is 382 g/mol. The molecule has 0 bridgehead atoms. The van der Waals surface area contributed by atoms with Crippen molar-refractivity contribution >= 4 is 11.8 Å². The first-order valence-corrected chi connectivity index (χ1v) is 10.6. The summed E-state index contributed by atoms with van der Waals surface area (Å²) in [6.07, 6.45) is 4.63. The molecule has 1 unspecified atom stereocenters. The first-order valence-electron chi connectivity index (χ1n) is 10.6. The van der Waals surface area contributed by atoms with Crippen LogP contribution in [0.5, 0.6) is 0 Å². The van der Waals surface area contributed by atoms with Crippen molar-refractivity contribution in [3.8, 4) is 0 Å². The van der Waals surface area contributed by atoms with Gasteiger partial charge in [-0.1, -0.05) is 36.2 Å². The summed E-state index contributed by atoms with van der Waals surface area (Å²) in [6.45, 7) is 6.32. The largest absolute Gasteiger partial charge is 0.340 e. The number of piperazine rings is 1. The summed E-state index contributed by atoms with van der Waals surface area (Å²) < 4.78 is 0. The number of aryl methyl sites for hydroxylation is 1. The van der Waals surface area contributed by atoms with Gasteiger partial charge in [0.25, 0.3) is 5.91 Å². The number of hydrogen-bond acceptors (Lipinski definition) is 3. The molecule has 3 aliphatic rings. The predicted molar refractivity (Wildman–Crippen MR) is 110 cm³/mol. The zero-order chi connectivity index (χ0) is 19.7. The fourth-order valence-corrected chi connectivity index (χ4v) is 4.82. The Bertz CT molecular complexity index is 776. The molecule has 0 aromatic heterocycles. The van der Waals surface area contributed by atoms with Crippen molar-refractivity contribution in [3.05, 3.63) is 46.5 Å². The molecule has 1 saturated heterocycles. The number of fused-ring (bicyclic) bond motifs is 1. The second kappa shape index (κ2) is 8.08. The molecule has 2 amide bonds. The van der Waals surface area contributed by atoms with Crippen molar-refractivity contribution in [1.82, 2.24) is 14.7 Å². The van der Waals surface area contributed by atoms with Crippen LogP contribution >= 0.6 is 0 Å². The van der Waals surface area contributed by atoms with Crippen LogP contribution in [0.15, 0.2) is 35.4 Å². The summed E-state index contributed by atoms with van der Waals surface area (Å²) in [6, 6.07) is 8.92. The van der Waals surface area contributed by atoms with Gasteiger partial charge in [0.05, 0.1) is 12.5 Å². The summed E-state index contributed by atoms with van der Waals surface area (Å²) >= 11 is 0. The Hall–Kier alpha value is -2.14. The van der Waals surface area contributed by atoms with Gasteiger partial charge in [0.1, 0.15) is 0 Å². The maximum atomic E-state index is 12.9. The van der Waals surface area contributed by atoms with Gasteiger partial charge in [-0.25, -0.2) is 0 Å². The van der Waals surface area contributed by atoms with E-state index in [0.717, 1.165) is 57.6 Å². The van der Waals surface area contributed by atoms with Crippen molar-refractivity contribution in [1.29, 1.82) is 0 Å². The zero-order valence-electron chi connectivity index (χ0n) is 17.1. The SMILES string of the molecule is Cc1ccc(CN2CCN(C(=O)CC3=C4CCCCC4N(C)C3=O)CC2)cc1. The number of amides is 2. The van der Waals surface area contributed by atoms with Crippen LogP contribution in [0.4, 0.5) is 0 Å². The van der Waals surface area contributed by atoms with Crippen molar-refractivity contribution in [2.75, 3.05) is 33.2 Å². The third-order valence-electron chi connectivity index (χ3n) is 6.59. The molecule has 2 aliphatic heterocycles. The van der Waals surface area contributed by atoms with Gasteiger partial charge in [0.15, 0.2) is 0 Å². The molecular weight excluding hydrogens is 350 g/mol. The Morgan fingerprint density at radius 2 is 1.79 bits per heavy atom. The lowest BCUT2D eigenvalue weighted by Crippen LogP contribution is -2.48. The summed E-state index contributed by atoms with van der Waals surface area (Å²) in [5.74, 6) is 0.193. The van der Waals surface area contributed by atoms with Crippen LogP contribution < -0.4 is 0 Å². The molecule has 2 fully saturated rings. The summed E-state index contributed by atoms with van der Waals surface area (Å²) in [5.41, 5.74) is 4.63. The minimum absolute atomic E-state index is 0.0771. The van der Waals surface area contributed by atoms with Crippen LogP contribution in [0.2, 0.25) is 0 Å². The number of nitrogens with zero attached hydrogens (tertiary/aromatic N) is 3. The summed E-state index contributed by atoms with van der Waals surface area (Å²) in [5, 5.41) is 0. The number of benzene rings is 1. The number of likely N-dealkylation sites (N-methyl/N-ethyl adjacent to an activating group) is 1. The molecule has 1 atom stereocenters. The molecule has 0 N–H and O–H groups in total. The Kier molecular flexibility index (Phi) is 5.54. The number of carbonyl (C=O) groups is 2. The first-order chi connectivity index (χ1) is 13.5. The normalized spacial score (nSPS) is 23.4. The molecule has 1 aliphatic carbocycles. The van der Waals surface area contributed by atoms with E-state index in [0.29, 0.717) is 0 Å². The van der Waals surface area contributed by atoms with E-state index >= 15 is 0 Å². The Balaban J connectivity index is 1.33. The van der Waals surface area contributed by atoms with Gasteiger partial charge in [-0.3, -0.25) is 14.5 Å². The standard InChI is InChI=1S/C23H31N3O2/c1-17-7-9-18(10-8-17)16-25-11-13-26(14-12-25)22(27)15-20-19-5-3-4-6-21(19)24(2)23(20)28/h7-10,21H,3-6,11-16H2,1-2H3. The quantitative estimate of drug-likeness (QED) is 0.806. The molecule has 1 saturated carbocycles. The molecule has 5 nitrogen and oxygen atoms in total. The second-order valence-electron chi connectivity index (χ2n) is 8.50. The van der Waals surface area contributed by atoms with Crippen LogP contribution in [-0.2, 0) is 16.1 Å². The molecule has 2 heterocycles. The van der Waals surface area contributed by atoms with Crippen LogP contribution in [-0.4, -0.2) is 65.8 Å². The van der Waals surface area contributed by atoms with Gasteiger partial charge in [-0.2, -0.15) is 0 Å². The van der Waals surface area contributed by atoms with E-state index in [1.807, 2.05) is 16.8 Å². The van der Waals surface area contributed by atoms with Crippen molar-refractivity contribution in [2.24, 2.45) is 0 Å². The zero-order valence-corrected chi connectivity index (χ0v) is 17.1. The summed E-state index contributed by atoms with van der Waals surface area (Å²) in [7, 11) is 1.89. The molecule has 4 rings (SSSR count). The van der Waals surface area contributed by atoms with Gasteiger partial charge < -0.3 is 9.80 Å². The van der Waals surface area contributed by atoms with Crippen LogP contribution in [0.1, 0.15) is 43.2 Å². The average Bonchev–Trinajstić information content (AvgIpc) is 2.95. The highest BCUT2D eigenvalue weighted by molar-refractivity contribution is 6.02. The monoisotopic (exact) mass is 381 g/mol. The maximum absolute atomic E-state index is 12.9. The topological polar surface area (TPSA) is 43.9 Å². The molecule has 0 spiro atoms. The number of hydrogen-bond donors (Lipinski definition) is 0. The maximum Gasteiger partial charge on any atom is 0.250 e. The van der Waals surface area contributed by atoms with E-state index in [2.05, 4.69) is 36.1 Å². The van der Waals surface area contributed by atoms with Crippen molar-refractivity contribution in [2.45, 2.75) is 51.6 Å². The Morgan fingerprint density at radius 3 is 2.50 bits per heavy atom. The third-order valence-corrected chi connectivity index (χ3v) is 6.59. The molecule has 28 heavy (non-hydrogen) atoms. The third kappa shape index (κ3) is 3.86. The molecule has 5 heteroatoms. The van der Waals surface area contributed by atoms with E-state index in [1.54, 1.807) is 0 Å². The van der Waals surface area contributed by atoms with E-state index < -0.39 is 0 Å².